The largest absolute Gasteiger partial charge is 0.498 e. The van der Waals surface area contributed by atoms with Crippen LogP contribution < -0.4 is 21.3 Å². The summed E-state index contributed by atoms with van der Waals surface area (Å²) in [5.74, 6) is 0. The van der Waals surface area contributed by atoms with Gasteiger partial charge in [0.2, 0.25) is 12.2 Å². The first-order chi connectivity index (χ1) is 31.6. The van der Waals surface area contributed by atoms with Crippen LogP contribution in [-0.2, 0) is 33.3 Å². The smallest absolute Gasteiger partial charge is 0.407 e. The standard InChI is InChI=1S/C44H74N8O13/c1-3-43(33-62-39(55)47-25-17-7-5-9-21-29-51-59,34-63-40(56)48-26-18-8-6-10-22-30-52-60)31-61-32-44(4-2,35-64-41(57)49-27-19-13-11-15-23-45-37-53)36-65-42(58)50-28-20-14-12-16-24-46-38-54/h3-28,31-36H2,1-2H3,(H,47,55)(H,48,56)(H,49,57)(H,50,58). The van der Waals surface area contributed by atoms with Crippen LogP contribution in [0.1, 0.15) is 142 Å². The molecule has 0 aliphatic rings. The number of hydrogen-bond acceptors (Lipinski definition) is 15. The maximum absolute atomic E-state index is 12.8. The first kappa shape index (κ1) is 59.4. The predicted octanol–water partition coefficient (Wildman–Crippen LogP) is 8.06. The highest BCUT2D eigenvalue weighted by molar-refractivity contribution is 5.68. The molecular weight excluding hydrogens is 849 g/mol. The molecule has 21 nitrogen and oxygen atoms in total. The molecule has 0 saturated carbocycles. The van der Waals surface area contributed by atoms with Crippen LogP contribution in [0, 0.1) is 33.4 Å². The second kappa shape index (κ2) is 42.3. The molecule has 0 saturated heterocycles. The van der Waals surface area contributed by atoms with Crippen molar-refractivity contribution in [2.75, 3.05) is 78.9 Å². The highest BCUT2D eigenvalue weighted by Crippen LogP contribution is 2.29. The van der Waals surface area contributed by atoms with E-state index < -0.39 is 35.2 Å². The first-order valence-corrected chi connectivity index (χ1v) is 23.0. The van der Waals surface area contributed by atoms with Crippen molar-refractivity contribution in [1.29, 1.82) is 0 Å². The molecule has 0 bridgehead atoms. The maximum atomic E-state index is 12.8. The van der Waals surface area contributed by atoms with E-state index in [1.54, 1.807) is 0 Å². The fourth-order valence-electron chi connectivity index (χ4n) is 6.07. The molecule has 368 valence electrons. The molecule has 0 aliphatic heterocycles. The second-order valence-electron chi connectivity index (χ2n) is 15.8. The van der Waals surface area contributed by atoms with Crippen molar-refractivity contribution in [3.05, 3.63) is 20.4 Å². The maximum Gasteiger partial charge on any atom is 0.407 e. The number of amides is 4. The Labute approximate surface area is 384 Å². The summed E-state index contributed by atoms with van der Waals surface area (Å²) < 4.78 is 28.9. The van der Waals surface area contributed by atoms with Gasteiger partial charge in [-0.2, -0.15) is 0 Å². The van der Waals surface area contributed by atoms with E-state index in [0.717, 1.165) is 77.0 Å². The van der Waals surface area contributed by atoms with Gasteiger partial charge in [0.25, 0.3) is 12.1 Å². The molecule has 0 aromatic carbocycles. The summed E-state index contributed by atoms with van der Waals surface area (Å²) in [6.07, 6.45) is 14.5. The van der Waals surface area contributed by atoms with Crippen LogP contribution in [0.4, 0.5) is 19.2 Å². The van der Waals surface area contributed by atoms with E-state index in [1.807, 2.05) is 13.8 Å². The summed E-state index contributed by atoms with van der Waals surface area (Å²) in [6, 6.07) is 4.74. The lowest BCUT2D eigenvalue weighted by Gasteiger charge is -2.35. The summed E-state index contributed by atoms with van der Waals surface area (Å²) in [4.78, 5) is 78.7. The van der Waals surface area contributed by atoms with Crippen molar-refractivity contribution in [1.82, 2.24) is 21.3 Å². The lowest BCUT2D eigenvalue weighted by molar-refractivity contribution is -0.0824. The molecule has 4 N–H and O–H groups in total. The van der Waals surface area contributed by atoms with Crippen LogP contribution >= 0.6 is 0 Å². The Hall–Kier alpha value is -5.62. The van der Waals surface area contributed by atoms with E-state index in [-0.39, 0.29) is 39.6 Å². The number of ether oxygens (including phenoxy) is 5. The number of unbranched alkanes of at least 4 members (excludes halogenated alkanes) is 14. The zero-order valence-electron chi connectivity index (χ0n) is 38.7. The molecule has 0 aromatic rings. The predicted molar refractivity (Wildman–Crippen MR) is 244 cm³/mol. The van der Waals surface area contributed by atoms with Crippen molar-refractivity contribution in [2.45, 2.75) is 142 Å². The van der Waals surface area contributed by atoms with E-state index >= 15 is 0 Å². The van der Waals surface area contributed by atoms with Gasteiger partial charge in [-0.3, -0.25) is 0 Å². The number of nitrogens with zero attached hydrogens (tertiary/aromatic N) is 4. The van der Waals surface area contributed by atoms with Gasteiger partial charge in [-0.25, -0.2) is 38.8 Å². The third-order valence-electron chi connectivity index (χ3n) is 10.5. The minimum Gasteiger partial charge on any atom is -0.498 e. The zero-order chi connectivity index (χ0) is 48.0. The van der Waals surface area contributed by atoms with Gasteiger partial charge in [-0.15, -0.1) is 0 Å². The van der Waals surface area contributed by atoms with Crippen LogP contribution in [0.25, 0.3) is 10.0 Å². The van der Waals surface area contributed by atoms with Crippen molar-refractivity contribution in [3.8, 4) is 12.1 Å². The fraction of sp³-hybridized carbons (Fsp3) is 0.818. The van der Waals surface area contributed by atoms with Gasteiger partial charge >= 0.3 is 24.4 Å². The molecule has 4 amide bonds. The van der Waals surface area contributed by atoms with Gasteiger partial charge in [0, 0.05) is 36.2 Å². The number of nitrogens with one attached hydrogen (secondary N) is 4. The third-order valence-corrected chi connectivity index (χ3v) is 10.5. The molecule has 0 fully saturated rings. The van der Waals surface area contributed by atoms with Gasteiger partial charge < -0.3 is 55.4 Å². The number of isocyanates is 2. The Morgan fingerprint density at radius 2 is 0.754 bits per heavy atom. The van der Waals surface area contributed by atoms with Crippen molar-refractivity contribution in [3.63, 3.8) is 0 Å². The van der Waals surface area contributed by atoms with E-state index in [9.17, 15) is 39.2 Å². The Bertz CT molecular complexity index is 1420. The van der Waals surface area contributed by atoms with E-state index in [1.165, 1.54) is 12.2 Å². The quantitative estimate of drug-likeness (QED) is 0.0149. The van der Waals surface area contributed by atoms with Crippen molar-refractivity contribution < 1.29 is 52.5 Å². The van der Waals surface area contributed by atoms with Gasteiger partial charge in [-0.05, 0) is 64.2 Å². The molecule has 0 aromatic heterocycles. The summed E-state index contributed by atoms with van der Waals surface area (Å²) >= 11 is 0. The molecule has 0 unspecified atom stereocenters. The molecule has 21 heteroatoms. The number of hydrogen-bond donors (Lipinski definition) is 4. The Morgan fingerprint density at radius 3 is 1.03 bits per heavy atom. The number of aliphatic imine (C=N–C) groups is 2. The average molecular weight is 923 g/mol. The molecule has 0 rings (SSSR count). The lowest BCUT2D eigenvalue weighted by Crippen LogP contribution is -2.44. The van der Waals surface area contributed by atoms with Gasteiger partial charge in [-0.1, -0.05) is 65.2 Å². The van der Waals surface area contributed by atoms with Crippen LogP contribution in [0.5, 0.6) is 0 Å². The highest BCUT2D eigenvalue weighted by Gasteiger charge is 2.37. The Morgan fingerprint density at radius 1 is 0.462 bits per heavy atom. The summed E-state index contributed by atoms with van der Waals surface area (Å²) in [6.45, 7) is 5.24. The number of alkyl carbamates (subject to hydrolysis) is 4. The van der Waals surface area contributed by atoms with Crippen LogP contribution in [0.2, 0.25) is 0 Å². The van der Waals surface area contributed by atoms with E-state index in [2.05, 4.69) is 53.4 Å². The molecule has 0 spiro atoms. The Balaban J connectivity index is 5.74. The van der Waals surface area contributed by atoms with Gasteiger partial charge in [0.05, 0.1) is 50.0 Å². The van der Waals surface area contributed by atoms with Gasteiger partial charge in [0.15, 0.2) is 0 Å². The normalized spacial score (nSPS) is 11.4. The molecule has 65 heavy (non-hydrogen) atoms. The van der Waals surface area contributed by atoms with Crippen LogP contribution in [-0.4, -0.2) is 115 Å². The molecule has 0 atom stereocenters. The highest BCUT2D eigenvalue weighted by atomic mass is 16.6. The average Bonchev–Trinajstić information content (AvgIpc) is 3.31. The van der Waals surface area contributed by atoms with E-state index in [4.69, 9.17) is 23.7 Å². The van der Waals surface area contributed by atoms with Crippen LogP contribution in [0.15, 0.2) is 9.98 Å². The molecular formula is C44H74N8O13. The molecule has 0 radical (unpaired) electrons. The number of carbonyl (C=O) groups is 4. The lowest BCUT2D eigenvalue weighted by atomic mass is 9.86. The van der Waals surface area contributed by atoms with Gasteiger partial charge in [0.1, 0.15) is 26.4 Å². The summed E-state index contributed by atoms with van der Waals surface area (Å²) in [5.41, 5.74) is -1.99. The fourth-order valence-corrected chi connectivity index (χ4v) is 6.07. The second-order valence-corrected chi connectivity index (χ2v) is 15.8. The van der Waals surface area contributed by atoms with Crippen molar-refractivity contribution >= 4 is 36.5 Å². The zero-order valence-corrected chi connectivity index (χ0v) is 38.7. The summed E-state index contributed by atoms with van der Waals surface area (Å²) in [5, 5.41) is 36.5. The topological polar surface area (TPSA) is 276 Å². The first-order valence-electron chi connectivity index (χ1n) is 23.0. The molecule has 0 aliphatic carbocycles. The Kier molecular flexibility index (Phi) is 38.7. The third kappa shape index (κ3) is 35.4. The number of carbonyl (C=O) groups excluding carboxylic acids is 6. The molecule has 0 heterocycles. The number of rotatable bonds is 40. The minimum absolute atomic E-state index is 0.0477. The SMILES string of the molecule is CCC(COCC(CC)(COC(=O)NCCCCCCN=C=O)COC(=O)NCCCCCCN=C=O)(COC(=O)NCCCCCCC#[N+][O-])COC(=O)NCCCCCCC#[N+][O-]. The van der Waals surface area contributed by atoms with Crippen molar-refractivity contribution in [2.24, 2.45) is 20.8 Å². The van der Waals surface area contributed by atoms with E-state index in [0.29, 0.717) is 90.6 Å². The minimum atomic E-state index is -0.998. The monoisotopic (exact) mass is 923 g/mol. The summed E-state index contributed by atoms with van der Waals surface area (Å²) in [7, 11) is 0. The van der Waals surface area contributed by atoms with Crippen LogP contribution in [0.3, 0.4) is 0 Å².